The summed E-state index contributed by atoms with van der Waals surface area (Å²) < 4.78 is 0.972. The Kier molecular flexibility index (Phi) is 4.54. The van der Waals surface area contributed by atoms with Crippen LogP contribution in [0.15, 0.2) is 22.8 Å². The summed E-state index contributed by atoms with van der Waals surface area (Å²) in [4.78, 5) is 18.2. The largest absolute Gasteiger partial charge is 0.337 e. The molecule has 0 unspecified atom stereocenters. The Labute approximate surface area is 110 Å². The Bertz CT molecular complexity index is 378. The van der Waals surface area contributed by atoms with Crippen LogP contribution in [0.25, 0.3) is 0 Å². The maximum Gasteiger partial charge on any atom is 0.222 e. The van der Waals surface area contributed by atoms with Gasteiger partial charge in [0.05, 0.1) is 12.2 Å². The number of hydrogen-bond donors (Lipinski definition) is 0. The monoisotopic (exact) mass is 296 g/mol. The molecule has 0 spiro atoms. The van der Waals surface area contributed by atoms with Crippen molar-refractivity contribution in [3.8, 4) is 0 Å². The van der Waals surface area contributed by atoms with E-state index in [1.54, 1.807) is 6.20 Å². The van der Waals surface area contributed by atoms with E-state index in [1.807, 2.05) is 17.0 Å². The van der Waals surface area contributed by atoms with Crippen LogP contribution < -0.4 is 0 Å². The third-order valence-corrected chi connectivity index (χ3v) is 3.53. The molecule has 0 aliphatic carbocycles. The van der Waals surface area contributed by atoms with Crippen LogP contribution in [0.4, 0.5) is 0 Å². The molecular formula is C13H17BrN2O. The van der Waals surface area contributed by atoms with Crippen LogP contribution in [0.1, 0.15) is 37.8 Å². The molecular weight excluding hydrogens is 280 g/mol. The number of carbonyl (C=O) groups excluding carboxylic acids is 1. The SMILES string of the molecule is O=C1CCCCCCN1Cc1ccc(Br)cn1. The molecule has 0 radical (unpaired) electrons. The first-order valence-electron chi connectivity index (χ1n) is 6.14. The van der Waals surface area contributed by atoms with Gasteiger partial charge in [0.15, 0.2) is 0 Å². The van der Waals surface area contributed by atoms with Crippen LogP contribution in [-0.4, -0.2) is 22.3 Å². The number of halogens is 1. The van der Waals surface area contributed by atoms with Crippen molar-refractivity contribution in [2.75, 3.05) is 6.54 Å². The summed E-state index contributed by atoms with van der Waals surface area (Å²) in [6, 6.07) is 3.94. The predicted molar refractivity (Wildman–Crippen MR) is 70.4 cm³/mol. The van der Waals surface area contributed by atoms with Gasteiger partial charge in [-0.1, -0.05) is 12.8 Å². The van der Waals surface area contributed by atoms with Gasteiger partial charge in [0.1, 0.15) is 0 Å². The molecule has 0 atom stereocenters. The third-order valence-electron chi connectivity index (χ3n) is 3.06. The fourth-order valence-corrected chi connectivity index (χ4v) is 2.31. The van der Waals surface area contributed by atoms with Crippen molar-refractivity contribution in [3.63, 3.8) is 0 Å². The molecule has 1 aliphatic heterocycles. The van der Waals surface area contributed by atoms with E-state index in [9.17, 15) is 4.79 Å². The molecule has 1 saturated heterocycles. The Hall–Kier alpha value is -0.900. The van der Waals surface area contributed by atoms with Crippen LogP contribution in [0, 0.1) is 0 Å². The van der Waals surface area contributed by atoms with Gasteiger partial charge in [-0.25, -0.2) is 0 Å². The van der Waals surface area contributed by atoms with Crippen LogP contribution in [0.5, 0.6) is 0 Å². The zero-order valence-electron chi connectivity index (χ0n) is 9.86. The van der Waals surface area contributed by atoms with Crippen LogP contribution in [0.3, 0.4) is 0 Å². The highest BCUT2D eigenvalue weighted by atomic mass is 79.9. The predicted octanol–water partition coefficient (Wildman–Crippen LogP) is 3.14. The molecule has 0 aromatic carbocycles. The summed E-state index contributed by atoms with van der Waals surface area (Å²) in [5, 5.41) is 0. The van der Waals surface area contributed by atoms with Gasteiger partial charge < -0.3 is 4.90 Å². The fraction of sp³-hybridized carbons (Fsp3) is 0.538. The lowest BCUT2D eigenvalue weighted by Gasteiger charge is -2.24. The van der Waals surface area contributed by atoms with Gasteiger partial charge in [0.25, 0.3) is 0 Å². The molecule has 0 N–H and O–H groups in total. The highest BCUT2D eigenvalue weighted by molar-refractivity contribution is 9.10. The number of pyridine rings is 1. The molecule has 92 valence electrons. The molecule has 0 bridgehead atoms. The van der Waals surface area contributed by atoms with Crippen molar-refractivity contribution in [2.45, 2.75) is 38.6 Å². The fourth-order valence-electron chi connectivity index (χ4n) is 2.08. The molecule has 1 aliphatic rings. The number of rotatable bonds is 2. The molecule has 1 fully saturated rings. The van der Waals surface area contributed by atoms with Crippen LogP contribution >= 0.6 is 15.9 Å². The quantitative estimate of drug-likeness (QED) is 0.840. The summed E-state index contributed by atoms with van der Waals surface area (Å²) >= 11 is 3.36. The highest BCUT2D eigenvalue weighted by Gasteiger charge is 2.15. The third kappa shape index (κ3) is 3.80. The molecule has 3 nitrogen and oxygen atoms in total. The van der Waals surface area contributed by atoms with Crippen molar-refractivity contribution in [1.29, 1.82) is 0 Å². The maximum atomic E-state index is 11.9. The maximum absolute atomic E-state index is 11.9. The zero-order valence-corrected chi connectivity index (χ0v) is 11.4. The Balaban J connectivity index is 1.99. The summed E-state index contributed by atoms with van der Waals surface area (Å²) in [5.74, 6) is 0.273. The minimum Gasteiger partial charge on any atom is -0.337 e. The van der Waals surface area contributed by atoms with Gasteiger partial charge in [-0.05, 0) is 40.9 Å². The minimum absolute atomic E-state index is 0.273. The highest BCUT2D eigenvalue weighted by Crippen LogP contribution is 2.15. The van der Waals surface area contributed by atoms with E-state index in [4.69, 9.17) is 0 Å². The second-order valence-electron chi connectivity index (χ2n) is 4.45. The molecule has 1 amide bonds. The van der Waals surface area contributed by atoms with E-state index in [1.165, 1.54) is 12.8 Å². The first-order chi connectivity index (χ1) is 8.25. The summed E-state index contributed by atoms with van der Waals surface area (Å²) in [6.07, 6.45) is 7.04. The van der Waals surface area contributed by atoms with Gasteiger partial charge in [0, 0.05) is 23.6 Å². The number of hydrogen-bond acceptors (Lipinski definition) is 2. The molecule has 1 aromatic heterocycles. The van der Waals surface area contributed by atoms with Crippen LogP contribution in [0.2, 0.25) is 0 Å². The number of aromatic nitrogens is 1. The van der Waals surface area contributed by atoms with Gasteiger partial charge in [-0.3, -0.25) is 9.78 Å². The van der Waals surface area contributed by atoms with Gasteiger partial charge >= 0.3 is 0 Å². The van der Waals surface area contributed by atoms with E-state index >= 15 is 0 Å². The van der Waals surface area contributed by atoms with E-state index in [0.29, 0.717) is 13.0 Å². The lowest BCUT2D eigenvalue weighted by Crippen LogP contribution is -2.32. The van der Waals surface area contributed by atoms with Crippen molar-refractivity contribution in [2.24, 2.45) is 0 Å². The number of likely N-dealkylation sites (tertiary alicyclic amines) is 1. The average Bonchev–Trinajstić information content (AvgIpc) is 2.31. The van der Waals surface area contributed by atoms with E-state index in [-0.39, 0.29) is 5.91 Å². The molecule has 1 aromatic rings. The lowest BCUT2D eigenvalue weighted by molar-refractivity contribution is -0.132. The van der Waals surface area contributed by atoms with E-state index < -0.39 is 0 Å². The smallest absolute Gasteiger partial charge is 0.222 e. The Morgan fingerprint density at radius 1 is 1.24 bits per heavy atom. The topological polar surface area (TPSA) is 33.2 Å². The first-order valence-corrected chi connectivity index (χ1v) is 6.93. The number of nitrogens with zero attached hydrogens (tertiary/aromatic N) is 2. The summed E-state index contributed by atoms with van der Waals surface area (Å²) in [5.41, 5.74) is 0.960. The van der Waals surface area contributed by atoms with E-state index in [0.717, 1.165) is 29.6 Å². The summed E-state index contributed by atoms with van der Waals surface area (Å²) in [7, 11) is 0. The molecule has 2 rings (SSSR count). The van der Waals surface area contributed by atoms with Crippen molar-refractivity contribution in [1.82, 2.24) is 9.88 Å². The Morgan fingerprint density at radius 3 is 2.82 bits per heavy atom. The van der Waals surface area contributed by atoms with Gasteiger partial charge in [0.2, 0.25) is 5.91 Å². The van der Waals surface area contributed by atoms with E-state index in [2.05, 4.69) is 20.9 Å². The number of carbonyl (C=O) groups is 1. The first kappa shape index (κ1) is 12.6. The molecule has 17 heavy (non-hydrogen) atoms. The number of amides is 1. The van der Waals surface area contributed by atoms with Crippen molar-refractivity contribution in [3.05, 3.63) is 28.5 Å². The van der Waals surface area contributed by atoms with Gasteiger partial charge in [-0.15, -0.1) is 0 Å². The summed E-state index contributed by atoms with van der Waals surface area (Å²) in [6.45, 7) is 1.52. The van der Waals surface area contributed by atoms with Crippen LogP contribution in [-0.2, 0) is 11.3 Å². The molecule has 0 saturated carbocycles. The normalized spacial score (nSPS) is 17.7. The minimum atomic E-state index is 0.273. The van der Waals surface area contributed by atoms with Crippen molar-refractivity contribution < 1.29 is 4.79 Å². The van der Waals surface area contributed by atoms with Crippen molar-refractivity contribution >= 4 is 21.8 Å². The molecule has 4 heteroatoms. The Morgan fingerprint density at radius 2 is 2.06 bits per heavy atom. The lowest BCUT2D eigenvalue weighted by atomic mass is 10.1. The standard InChI is InChI=1S/C13H17BrN2O/c14-11-6-7-12(15-9-11)10-16-8-4-2-1-3-5-13(16)17/h6-7,9H,1-5,8,10H2. The molecule has 2 heterocycles. The second-order valence-corrected chi connectivity index (χ2v) is 5.36. The van der Waals surface area contributed by atoms with Gasteiger partial charge in [-0.2, -0.15) is 0 Å². The zero-order chi connectivity index (χ0) is 12.1. The second kappa shape index (κ2) is 6.15. The average molecular weight is 297 g/mol.